The fraction of sp³-hybridized carbons (Fsp3) is 0.846. The highest BCUT2D eigenvalue weighted by Crippen LogP contribution is 2.10. The van der Waals surface area contributed by atoms with Crippen LogP contribution in [0.5, 0.6) is 0 Å². The number of rotatable bonds is 10. The number of nitrogens with one attached hydrogen (secondary N) is 2. The summed E-state index contributed by atoms with van der Waals surface area (Å²) in [7, 11) is 0. The Labute approximate surface area is 109 Å². The molecule has 0 saturated carbocycles. The van der Waals surface area contributed by atoms with Gasteiger partial charge in [0.25, 0.3) is 0 Å². The number of hydrogen-bond donors (Lipinski definition) is 3. The van der Waals surface area contributed by atoms with Crippen LogP contribution in [-0.4, -0.2) is 36.1 Å². The number of carboxylic acid groups (broad SMARTS) is 1. The Bertz CT molecular complexity index is 257. The van der Waals surface area contributed by atoms with Crippen molar-refractivity contribution in [3.63, 3.8) is 0 Å². The lowest BCUT2D eigenvalue weighted by molar-refractivity contribution is -0.141. The number of carbonyl (C=O) groups is 2. The molecule has 0 aromatic heterocycles. The zero-order chi connectivity index (χ0) is 14.0. The molecule has 1 amide bonds. The zero-order valence-corrected chi connectivity index (χ0v) is 11.7. The number of carboxylic acids is 1. The summed E-state index contributed by atoms with van der Waals surface area (Å²) >= 11 is 0. The summed E-state index contributed by atoms with van der Waals surface area (Å²) in [4.78, 5) is 21.7. The third-order valence-electron chi connectivity index (χ3n) is 3.00. The second-order valence-corrected chi connectivity index (χ2v) is 4.67. The highest BCUT2D eigenvalue weighted by Gasteiger charge is 2.18. The lowest BCUT2D eigenvalue weighted by atomic mass is 9.99. The third kappa shape index (κ3) is 8.06. The molecule has 0 aliphatic heterocycles. The average Bonchev–Trinajstić information content (AvgIpc) is 2.31. The normalized spacial score (nSPS) is 13.9. The lowest BCUT2D eigenvalue weighted by Gasteiger charge is -2.18. The molecule has 5 nitrogen and oxygen atoms in total. The van der Waals surface area contributed by atoms with Crippen LogP contribution in [-0.2, 0) is 9.59 Å². The standard InChI is InChI=1S/C13H26N2O3/c1-4-6-7-11(5-2)8-14-9-12(13(17)18)15-10(3)16/h11-12,14H,4-9H2,1-3H3,(H,15,16)(H,17,18). The Morgan fingerprint density at radius 2 is 1.89 bits per heavy atom. The van der Waals surface area contributed by atoms with Gasteiger partial charge in [-0.2, -0.15) is 0 Å². The van der Waals surface area contributed by atoms with Gasteiger partial charge in [0.2, 0.25) is 5.91 Å². The van der Waals surface area contributed by atoms with Crippen molar-refractivity contribution in [1.29, 1.82) is 0 Å². The first-order valence-corrected chi connectivity index (χ1v) is 6.71. The zero-order valence-electron chi connectivity index (χ0n) is 11.7. The van der Waals surface area contributed by atoms with Gasteiger partial charge in [0.1, 0.15) is 6.04 Å². The summed E-state index contributed by atoms with van der Waals surface area (Å²) in [5.41, 5.74) is 0. The Morgan fingerprint density at radius 3 is 2.33 bits per heavy atom. The highest BCUT2D eigenvalue weighted by atomic mass is 16.4. The summed E-state index contributed by atoms with van der Waals surface area (Å²) < 4.78 is 0. The maximum absolute atomic E-state index is 10.9. The molecule has 0 aliphatic carbocycles. The fourth-order valence-electron chi connectivity index (χ4n) is 1.82. The lowest BCUT2D eigenvalue weighted by Crippen LogP contribution is -2.47. The molecule has 106 valence electrons. The topological polar surface area (TPSA) is 78.4 Å². The molecule has 2 unspecified atom stereocenters. The minimum absolute atomic E-state index is 0.275. The van der Waals surface area contributed by atoms with E-state index in [0.29, 0.717) is 5.92 Å². The predicted octanol–water partition coefficient (Wildman–Crippen LogP) is 1.38. The van der Waals surface area contributed by atoms with Crippen LogP contribution in [0.25, 0.3) is 0 Å². The van der Waals surface area contributed by atoms with E-state index in [0.717, 1.165) is 19.4 Å². The summed E-state index contributed by atoms with van der Waals surface area (Å²) in [5, 5.41) is 14.5. The molecule has 0 aliphatic rings. The van der Waals surface area contributed by atoms with Gasteiger partial charge < -0.3 is 15.7 Å². The van der Waals surface area contributed by atoms with E-state index >= 15 is 0 Å². The summed E-state index contributed by atoms with van der Waals surface area (Å²) in [6.45, 7) is 6.71. The van der Waals surface area contributed by atoms with E-state index in [2.05, 4.69) is 24.5 Å². The van der Waals surface area contributed by atoms with Crippen molar-refractivity contribution in [2.75, 3.05) is 13.1 Å². The Balaban J connectivity index is 3.95. The van der Waals surface area contributed by atoms with Gasteiger partial charge in [0.15, 0.2) is 0 Å². The van der Waals surface area contributed by atoms with Crippen molar-refractivity contribution in [3.05, 3.63) is 0 Å². The van der Waals surface area contributed by atoms with Crippen LogP contribution in [0.3, 0.4) is 0 Å². The van der Waals surface area contributed by atoms with Gasteiger partial charge in [0.05, 0.1) is 0 Å². The Morgan fingerprint density at radius 1 is 1.22 bits per heavy atom. The minimum atomic E-state index is -1.00. The van der Waals surface area contributed by atoms with Gasteiger partial charge in [-0.3, -0.25) is 4.79 Å². The van der Waals surface area contributed by atoms with Crippen LogP contribution in [0.4, 0.5) is 0 Å². The van der Waals surface area contributed by atoms with Crippen LogP contribution in [0.2, 0.25) is 0 Å². The monoisotopic (exact) mass is 258 g/mol. The highest BCUT2D eigenvalue weighted by molar-refractivity contribution is 5.82. The molecular weight excluding hydrogens is 232 g/mol. The van der Waals surface area contributed by atoms with E-state index < -0.39 is 12.0 Å². The molecule has 0 radical (unpaired) electrons. The van der Waals surface area contributed by atoms with E-state index in [-0.39, 0.29) is 12.5 Å². The van der Waals surface area contributed by atoms with Crippen LogP contribution in [0.1, 0.15) is 46.5 Å². The molecule has 5 heteroatoms. The smallest absolute Gasteiger partial charge is 0.327 e. The second-order valence-electron chi connectivity index (χ2n) is 4.67. The summed E-state index contributed by atoms with van der Waals surface area (Å²) in [6, 6.07) is -0.841. The van der Waals surface area contributed by atoms with Gasteiger partial charge in [-0.1, -0.05) is 33.1 Å². The molecule has 2 atom stereocenters. The van der Waals surface area contributed by atoms with Gasteiger partial charge in [-0.15, -0.1) is 0 Å². The minimum Gasteiger partial charge on any atom is -0.480 e. The maximum atomic E-state index is 10.9. The quantitative estimate of drug-likeness (QED) is 0.553. The second kappa shape index (κ2) is 9.88. The van der Waals surface area contributed by atoms with Crippen LogP contribution < -0.4 is 10.6 Å². The molecule has 0 bridgehead atoms. The summed E-state index contributed by atoms with van der Waals surface area (Å²) in [5.74, 6) is -0.738. The molecule has 0 heterocycles. The van der Waals surface area contributed by atoms with Crippen LogP contribution in [0, 0.1) is 5.92 Å². The van der Waals surface area contributed by atoms with Crippen LogP contribution >= 0.6 is 0 Å². The van der Waals surface area contributed by atoms with Gasteiger partial charge in [-0.25, -0.2) is 4.79 Å². The molecular formula is C13H26N2O3. The number of aliphatic carboxylic acids is 1. The predicted molar refractivity (Wildman–Crippen MR) is 71.4 cm³/mol. The fourth-order valence-corrected chi connectivity index (χ4v) is 1.82. The van der Waals surface area contributed by atoms with Crippen molar-refractivity contribution in [1.82, 2.24) is 10.6 Å². The van der Waals surface area contributed by atoms with Crippen molar-refractivity contribution in [2.45, 2.75) is 52.5 Å². The van der Waals surface area contributed by atoms with Gasteiger partial charge in [0, 0.05) is 13.5 Å². The van der Waals surface area contributed by atoms with Crippen molar-refractivity contribution < 1.29 is 14.7 Å². The van der Waals surface area contributed by atoms with Crippen LogP contribution in [0.15, 0.2) is 0 Å². The molecule has 0 aromatic carbocycles. The van der Waals surface area contributed by atoms with E-state index in [1.807, 2.05) is 0 Å². The van der Waals surface area contributed by atoms with E-state index in [1.165, 1.54) is 19.8 Å². The van der Waals surface area contributed by atoms with E-state index in [1.54, 1.807) is 0 Å². The molecule has 0 fully saturated rings. The maximum Gasteiger partial charge on any atom is 0.327 e. The number of unbranched alkanes of at least 4 members (excludes halogenated alkanes) is 1. The third-order valence-corrected chi connectivity index (χ3v) is 3.00. The first-order valence-electron chi connectivity index (χ1n) is 6.71. The molecule has 0 rings (SSSR count). The van der Waals surface area contributed by atoms with E-state index in [9.17, 15) is 9.59 Å². The Hall–Kier alpha value is -1.10. The number of carbonyl (C=O) groups excluding carboxylic acids is 1. The summed E-state index contributed by atoms with van der Waals surface area (Å²) in [6.07, 6.45) is 4.64. The molecule has 3 N–H and O–H groups in total. The molecule has 18 heavy (non-hydrogen) atoms. The molecule has 0 spiro atoms. The van der Waals surface area contributed by atoms with Gasteiger partial charge in [-0.05, 0) is 18.9 Å². The molecule has 0 saturated heterocycles. The Kier molecular flexibility index (Phi) is 9.28. The first kappa shape index (κ1) is 16.9. The van der Waals surface area contributed by atoms with Crippen molar-refractivity contribution in [2.24, 2.45) is 5.92 Å². The average molecular weight is 258 g/mol. The SMILES string of the molecule is CCCCC(CC)CNCC(NC(C)=O)C(=O)O. The van der Waals surface area contributed by atoms with Crippen molar-refractivity contribution in [3.8, 4) is 0 Å². The van der Waals surface area contributed by atoms with Crippen molar-refractivity contribution >= 4 is 11.9 Å². The number of hydrogen-bond acceptors (Lipinski definition) is 3. The largest absolute Gasteiger partial charge is 0.480 e. The van der Waals surface area contributed by atoms with Gasteiger partial charge >= 0.3 is 5.97 Å². The first-order chi connectivity index (χ1) is 8.51. The van der Waals surface area contributed by atoms with E-state index in [4.69, 9.17) is 5.11 Å². The molecule has 0 aromatic rings. The number of amides is 1.